The minimum Gasteiger partial charge on any atom is -0.492 e. The number of hydrogen-bond acceptors (Lipinski definition) is 6. The minimum absolute atomic E-state index is 0.0608. The van der Waals surface area contributed by atoms with E-state index in [2.05, 4.69) is 26.1 Å². The highest BCUT2D eigenvalue weighted by molar-refractivity contribution is 7.92. The van der Waals surface area contributed by atoms with Crippen LogP contribution < -0.4 is 23.8 Å². The van der Waals surface area contributed by atoms with Gasteiger partial charge in [0.25, 0.3) is 0 Å². The monoisotopic (exact) mass is 476 g/mol. The normalized spacial score (nSPS) is 14.3. The van der Waals surface area contributed by atoms with Gasteiger partial charge in [0.2, 0.25) is 15.9 Å². The van der Waals surface area contributed by atoms with Gasteiger partial charge in [-0.25, -0.2) is 8.42 Å². The zero-order chi connectivity index (χ0) is 24.2. The molecule has 1 heterocycles. The van der Waals surface area contributed by atoms with E-state index in [9.17, 15) is 13.2 Å². The summed E-state index contributed by atoms with van der Waals surface area (Å²) in [6.07, 6.45) is 1.07. The lowest BCUT2D eigenvalue weighted by Crippen LogP contribution is -2.48. The van der Waals surface area contributed by atoms with Gasteiger partial charge in [0.1, 0.15) is 31.6 Å². The van der Waals surface area contributed by atoms with Crippen LogP contribution in [0.5, 0.6) is 17.2 Å². The van der Waals surface area contributed by atoms with E-state index in [0.29, 0.717) is 36.1 Å². The minimum atomic E-state index is -3.73. The zero-order valence-electron chi connectivity index (χ0n) is 19.8. The third-order valence-electron chi connectivity index (χ3n) is 5.26. The smallest absolute Gasteiger partial charge is 0.243 e. The van der Waals surface area contributed by atoms with E-state index in [0.717, 1.165) is 10.6 Å². The number of sulfonamides is 1. The summed E-state index contributed by atoms with van der Waals surface area (Å²) in [5.41, 5.74) is 1.60. The van der Waals surface area contributed by atoms with Crippen molar-refractivity contribution >= 4 is 21.6 Å². The molecule has 2 aromatic rings. The number of benzene rings is 2. The number of nitrogens with one attached hydrogen (secondary N) is 1. The third kappa shape index (κ3) is 6.31. The van der Waals surface area contributed by atoms with Crippen molar-refractivity contribution in [1.82, 2.24) is 5.32 Å². The van der Waals surface area contributed by atoms with Crippen molar-refractivity contribution in [2.45, 2.75) is 39.2 Å². The summed E-state index contributed by atoms with van der Waals surface area (Å²) in [6.45, 7) is 9.28. The molecule has 1 N–H and O–H groups in total. The molecule has 0 saturated heterocycles. The van der Waals surface area contributed by atoms with Crippen LogP contribution in [0.3, 0.4) is 0 Å². The van der Waals surface area contributed by atoms with Crippen molar-refractivity contribution in [3.05, 3.63) is 48.0 Å². The molecule has 0 aliphatic carbocycles. The van der Waals surface area contributed by atoms with Crippen LogP contribution >= 0.6 is 0 Å². The molecule has 8 nitrogen and oxygen atoms in total. The quantitative estimate of drug-likeness (QED) is 0.589. The van der Waals surface area contributed by atoms with Crippen molar-refractivity contribution in [2.75, 3.05) is 36.9 Å². The van der Waals surface area contributed by atoms with Gasteiger partial charge < -0.3 is 19.5 Å². The van der Waals surface area contributed by atoms with E-state index in [-0.39, 0.29) is 18.6 Å². The van der Waals surface area contributed by atoms with E-state index in [1.165, 1.54) is 5.56 Å². The standard InChI is InChI=1S/C24H32N2O6S/c1-17(23(27)25-12-13-30-20-9-6-18(7-10-20)24(2,3)4)26(33(5,28)29)19-8-11-21-22(16-19)32-15-14-31-21/h6-11,16-17H,12-15H2,1-5H3,(H,25,27)/t17-/m0/s1. The molecule has 9 heteroatoms. The number of fused-ring (bicyclic) bond motifs is 1. The van der Waals surface area contributed by atoms with Gasteiger partial charge in [-0.05, 0) is 42.2 Å². The van der Waals surface area contributed by atoms with Crippen LogP contribution in [0.2, 0.25) is 0 Å². The summed E-state index contributed by atoms with van der Waals surface area (Å²) in [5, 5.41) is 2.75. The summed E-state index contributed by atoms with van der Waals surface area (Å²) in [4.78, 5) is 12.7. The molecule has 0 spiro atoms. The number of hydrogen-bond donors (Lipinski definition) is 1. The third-order valence-corrected chi connectivity index (χ3v) is 6.50. The Morgan fingerprint density at radius 3 is 2.33 bits per heavy atom. The molecule has 1 amide bonds. The lowest BCUT2D eigenvalue weighted by atomic mass is 9.87. The van der Waals surface area contributed by atoms with Gasteiger partial charge in [0, 0.05) is 6.07 Å². The number of carbonyl (C=O) groups is 1. The maximum Gasteiger partial charge on any atom is 0.243 e. The molecule has 1 aliphatic heterocycles. The van der Waals surface area contributed by atoms with E-state index >= 15 is 0 Å². The Hall–Kier alpha value is -2.94. The molecule has 0 fully saturated rings. The Balaban J connectivity index is 1.60. The van der Waals surface area contributed by atoms with Crippen molar-refractivity contribution in [2.24, 2.45) is 0 Å². The maximum absolute atomic E-state index is 12.7. The summed E-state index contributed by atoms with van der Waals surface area (Å²) in [6, 6.07) is 11.7. The summed E-state index contributed by atoms with van der Waals surface area (Å²) >= 11 is 0. The second kappa shape index (κ2) is 9.91. The van der Waals surface area contributed by atoms with Crippen LogP contribution in [0.1, 0.15) is 33.3 Å². The number of carbonyl (C=O) groups excluding carboxylic acids is 1. The molecule has 1 aliphatic rings. The van der Waals surface area contributed by atoms with Crippen LogP contribution in [0.15, 0.2) is 42.5 Å². The van der Waals surface area contributed by atoms with E-state index in [4.69, 9.17) is 14.2 Å². The number of amides is 1. The van der Waals surface area contributed by atoms with Crippen LogP contribution in [-0.4, -0.2) is 53.0 Å². The van der Waals surface area contributed by atoms with Crippen molar-refractivity contribution in [1.29, 1.82) is 0 Å². The second-order valence-electron chi connectivity index (χ2n) is 8.98. The first-order valence-electron chi connectivity index (χ1n) is 10.9. The maximum atomic E-state index is 12.7. The molecule has 180 valence electrons. The van der Waals surface area contributed by atoms with Crippen molar-refractivity contribution in [3.8, 4) is 17.2 Å². The predicted octanol–water partition coefficient (Wildman–Crippen LogP) is 3.11. The predicted molar refractivity (Wildman–Crippen MR) is 128 cm³/mol. The lowest BCUT2D eigenvalue weighted by molar-refractivity contribution is -0.121. The molecule has 2 aromatic carbocycles. The molecule has 3 rings (SSSR count). The second-order valence-corrected chi connectivity index (χ2v) is 10.8. The molecule has 0 saturated carbocycles. The summed E-state index contributed by atoms with van der Waals surface area (Å²) in [5.74, 6) is 1.27. The Kier molecular flexibility index (Phi) is 7.41. The van der Waals surface area contributed by atoms with Crippen molar-refractivity contribution in [3.63, 3.8) is 0 Å². The number of nitrogens with zero attached hydrogens (tertiary/aromatic N) is 1. The molecule has 0 aromatic heterocycles. The van der Waals surface area contributed by atoms with Gasteiger partial charge >= 0.3 is 0 Å². The van der Waals surface area contributed by atoms with E-state index in [1.807, 2.05) is 24.3 Å². The van der Waals surface area contributed by atoms with E-state index < -0.39 is 22.0 Å². The Bertz CT molecular complexity index is 1080. The summed E-state index contributed by atoms with van der Waals surface area (Å²) in [7, 11) is -3.73. The Morgan fingerprint density at radius 1 is 1.09 bits per heavy atom. The highest BCUT2D eigenvalue weighted by Crippen LogP contribution is 2.35. The van der Waals surface area contributed by atoms with Crippen LogP contribution in [0.25, 0.3) is 0 Å². The molecule has 0 radical (unpaired) electrons. The average Bonchev–Trinajstić information content (AvgIpc) is 2.75. The first-order valence-corrected chi connectivity index (χ1v) is 12.7. The summed E-state index contributed by atoms with van der Waals surface area (Å²) < 4.78 is 42.8. The molecule has 0 unspecified atom stereocenters. The van der Waals surface area contributed by atoms with Crippen molar-refractivity contribution < 1.29 is 27.4 Å². The number of anilines is 1. The lowest BCUT2D eigenvalue weighted by Gasteiger charge is -2.29. The SMILES string of the molecule is C[C@@H](C(=O)NCCOc1ccc(C(C)(C)C)cc1)N(c1ccc2c(c1)OCCO2)S(C)(=O)=O. The molecule has 0 bridgehead atoms. The van der Waals surface area contributed by atoms with Gasteiger partial charge in [-0.2, -0.15) is 0 Å². The van der Waals surface area contributed by atoms with Gasteiger partial charge in [-0.1, -0.05) is 32.9 Å². The average molecular weight is 477 g/mol. The highest BCUT2D eigenvalue weighted by Gasteiger charge is 2.30. The van der Waals surface area contributed by atoms with E-state index in [1.54, 1.807) is 25.1 Å². The Labute approximate surface area is 195 Å². The van der Waals surface area contributed by atoms with Gasteiger partial charge in [0.05, 0.1) is 18.5 Å². The zero-order valence-corrected chi connectivity index (χ0v) is 20.6. The fraction of sp³-hybridized carbons (Fsp3) is 0.458. The van der Waals surface area contributed by atoms with Gasteiger partial charge in [-0.15, -0.1) is 0 Å². The van der Waals surface area contributed by atoms with Gasteiger partial charge in [-0.3, -0.25) is 9.10 Å². The first kappa shape index (κ1) is 24.7. The molecular weight excluding hydrogens is 444 g/mol. The van der Waals surface area contributed by atoms with Crippen LogP contribution in [0.4, 0.5) is 5.69 Å². The molecule has 1 atom stereocenters. The first-order chi connectivity index (χ1) is 15.5. The topological polar surface area (TPSA) is 94.2 Å². The fourth-order valence-electron chi connectivity index (χ4n) is 3.52. The molecule has 33 heavy (non-hydrogen) atoms. The number of ether oxygens (including phenoxy) is 3. The molecular formula is C24H32N2O6S. The van der Waals surface area contributed by atoms with Gasteiger partial charge in [0.15, 0.2) is 11.5 Å². The van der Waals surface area contributed by atoms with Crippen LogP contribution in [-0.2, 0) is 20.2 Å². The highest BCUT2D eigenvalue weighted by atomic mass is 32.2. The largest absolute Gasteiger partial charge is 0.492 e. The fourth-order valence-corrected chi connectivity index (χ4v) is 4.69. The number of rotatable bonds is 8. The Morgan fingerprint density at radius 2 is 1.73 bits per heavy atom. The van der Waals surface area contributed by atoms with Crippen LogP contribution in [0, 0.1) is 0 Å².